The highest BCUT2D eigenvalue weighted by Crippen LogP contribution is 2.42. The van der Waals surface area contributed by atoms with Crippen molar-refractivity contribution in [2.45, 2.75) is 70.9 Å². The van der Waals surface area contributed by atoms with Gasteiger partial charge >= 0.3 is 0 Å². The molecule has 2 aliphatic carbocycles. The third kappa shape index (κ3) is 2.69. The minimum atomic E-state index is 0.360. The van der Waals surface area contributed by atoms with Gasteiger partial charge in [-0.25, -0.2) is 4.99 Å². The van der Waals surface area contributed by atoms with E-state index in [1.54, 1.807) is 0 Å². The summed E-state index contributed by atoms with van der Waals surface area (Å²) < 4.78 is 0. The smallest absolute Gasteiger partial charge is 0.189 e. The van der Waals surface area contributed by atoms with Crippen LogP contribution in [0.5, 0.6) is 0 Å². The van der Waals surface area contributed by atoms with Crippen LogP contribution in [0.3, 0.4) is 0 Å². The van der Waals surface area contributed by atoms with Crippen LogP contribution in [0, 0.1) is 5.41 Å². The molecule has 0 aromatic carbocycles. The van der Waals surface area contributed by atoms with Gasteiger partial charge in [0.05, 0.1) is 6.04 Å². The Labute approximate surface area is 98.9 Å². The number of nitrogens with zero attached hydrogens (tertiary/aromatic N) is 1. The number of aliphatic imine (C=N–C) groups is 1. The fourth-order valence-electron chi connectivity index (χ4n) is 2.75. The lowest BCUT2D eigenvalue weighted by Gasteiger charge is -2.42. The van der Waals surface area contributed by atoms with Crippen molar-refractivity contribution in [3.63, 3.8) is 0 Å². The molecule has 2 fully saturated rings. The van der Waals surface area contributed by atoms with E-state index in [0.717, 1.165) is 0 Å². The third-order valence-corrected chi connectivity index (χ3v) is 4.22. The molecule has 2 saturated carbocycles. The molecule has 1 atom stereocenters. The Morgan fingerprint density at radius 1 is 1.19 bits per heavy atom. The summed E-state index contributed by atoms with van der Waals surface area (Å²) in [5.41, 5.74) is 6.33. The molecule has 0 saturated heterocycles. The van der Waals surface area contributed by atoms with E-state index >= 15 is 0 Å². The minimum Gasteiger partial charge on any atom is -0.370 e. The first-order valence-corrected chi connectivity index (χ1v) is 6.68. The number of rotatable bonds is 2. The molecule has 2 aliphatic rings. The lowest BCUT2D eigenvalue weighted by Crippen LogP contribution is -2.45. The van der Waals surface area contributed by atoms with E-state index in [4.69, 9.17) is 5.73 Å². The topological polar surface area (TPSA) is 50.4 Å². The van der Waals surface area contributed by atoms with Crippen LogP contribution in [0.15, 0.2) is 4.99 Å². The highest BCUT2D eigenvalue weighted by Gasteiger charge is 2.38. The second-order valence-electron chi connectivity index (χ2n) is 6.04. The van der Waals surface area contributed by atoms with E-state index in [1.165, 1.54) is 44.9 Å². The molecular weight excluding hydrogens is 198 g/mol. The average molecular weight is 223 g/mol. The van der Waals surface area contributed by atoms with Gasteiger partial charge in [-0.2, -0.15) is 0 Å². The molecule has 16 heavy (non-hydrogen) atoms. The summed E-state index contributed by atoms with van der Waals surface area (Å²) in [6, 6.07) is 1.00. The first-order valence-electron chi connectivity index (χ1n) is 6.68. The molecular formula is C13H25N3. The van der Waals surface area contributed by atoms with Gasteiger partial charge in [0, 0.05) is 6.04 Å². The van der Waals surface area contributed by atoms with Gasteiger partial charge in [-0.05, 0) is 31.1 Å². The Balaban J connectivity index is 1.82. The van der Waals surface area contributed by atoms with E-state index in [0.29, 0.717) is 23.5 Å². The van der Waals surface area contributed by atoms with Gasteiger partial charge in [0.15, 0.2) is 5.96 Å². The second kappa shape index (κ2) is 4.64. The van der Waals surface area contributed by atoms with Gasteiger partial charge in [-0.1, -0.05) is 33.1 Å². The van der Waals surface area contributed by atoms with Crippen LogP contribution >= 0.6 is 0 Å². The molecule has 2 rings (SSSR count). The largest absolute Gasteiger partial charge is 0.370 e. The molecule has 0 aromatic heterocycles. The SMILES string of the molecule is CC1(C)CCC1N=C(N)NC1CCCCC1. The van der Waals surface area contributed by atoms with Crippen molar-refractivity contribution >= 4 is 5.96 Å². The predicted octanol–water partition coefficient (Wildman–Crippen LogP) is 2.41. The zero-order valence-electron chi connectivity index (χ0n) is 10.6. The van der Waals surface area contributed by atoms with E-state index in [1.807, 2.05) is 0 Å². The molecule has 3 nitrogen and oxygen atoms in total. The van der Waals surface area contributed by atoms with E-state index in [9.17, 15) is 0 Å². The van der Waals surface area contributed by atoms with Crippen molar-refractivity contribution in [1.29, 1.82) is 0 Å². The van der Waals surface area contributed by atoms with E-state index in [-0.39, 0.29) is 0 Å². The molecule has 0 amide bonds. The molecule has 0 bridgehead atoms. The van der Waals surface area contributed by atoms with Crippen LogP contribution in [0.4, 0.5) is 0 Å². The molecule has 3 heteroatoms. The summed E-state index contributed by atoms with van der Waals surface area (Å²) in [7, 11) is 0. The molecule has 92 valence electrons. The van der Waals surface area contributed by atoms with Crippen LogP contribution in [0.25, 0.3) is 0 Å². The summed E-state index contributed by atoms with van der Waals surface area (Å²) in [5.74, 6) is 0.671. The normalized spacial score (nSPS) is 30.9. The number of guanidine groups is 1. The molecule has 0 spiro atoms. The number of hydrogen-bond donors (Lipinski definition) is 2. The van der Waals surface area contributed by atoms with Crippen LogP contribution in [-0.2, 0) is 0 Å². The van der Waals surface area contributed by atoms with Crippen molar-refractivity contribution in [3.8, 4) is 0 Å². The molecule has 3 N–H and O–H groups in total. The van der Waals surface area contributed by atoms with Gasteiger partial charge in [0.25, 0.3) is 0 Å². The average Bonchev–Trinajstić information content (AvgIpc) is 2.26. The maximum absolute atomic E-state index is 5.97. The first kappa shape index (κ1) is 11.7. The second-order valence-corrected chi connectivity index (χ2v) is 6.04. The molecule has 1 unspecified atom stereocenters. The van der Waals surface area contributed by atoms with Gasteiger partial charge in [-0.15, -0.1) is 0 Å². The predicted molar refractivity (Wildman–Crippen MR) is 68.4 cm³/mol. The Morgan fingerprint density at radius 2 is 1.88 bits per heavy atom. The lowest BCUT2D eigenvalue weighted by atomic mass is 9.68. The summed E-state index contributed by atoms with van der Waals surface area (Å²) in [6.07, 6.45) is 9.02. The Bertz CT molecular complexity index is 264. The van der Waals surface area contributed by atoms with E-state index in [2.05, 4.69) is 24.2 Å². The van der Waals surface area contributed by atoms with Gasteiger partial charge < -0.3 is 11.1 Å². The van der Waals surface area contributed by atoms with Gasteiger partial charge in [-0.3, -0.25) is 0 Å². The monoisotopic (exact) mass is 223 g/mol. The maximum Gasteiger partial charge on any atom is 0.189 e. The fraction of sp³-hybridized carbons (Fsp3) is 0.923. The summed E-state index contributed by atoms with van der Waals surface area (Å²) in [4.78, 5) is 4.61. The highest BCUT2D eigenvalue weighted by atomic mass is 15.1. The molecule has 0 aliphatic heterocycles. The number of nitrogens with one attached hydrogen (secondary N) is 1. The summed E-state index contributed by atoms with van der Waals surface area (Å²) >= 11 is 0. The van der Waals surface area contributed by atoms with Crippen molar-refractivity contribution in [3.05, 3.63) is 0 Å². The fourth-order valence-corrected chi connectivity index (χ4v) is 2.75. The third-order valence-electron chi connectivity index (χ3n) is 4.22. The molecule has 0 radical (unpaired) electrons. The summed E-state index contributed by atoms with van der Waals surface area (Å²) in [5, 5.41) is 3.38. The van der Waals surface area contributed by atoms with Crippen LogP contribution < -0.4 is 11.1 Å². The van der Waals surface area contributed by atoms with Gasteiger partial charge in [0.1, 0.15) is 0 Å². The lowest BCUT2D eigenvalue weighted by molar-refractivity contribution is 0.145. The summed E-state index contributed by atoms with van der Waals surface area (Å²) in [6.45, 7) is 4.55. The Kier molecular flexibility index (Phi) is 3.41. The van der Waals surface area contributed by atoms with Crippen molar-refractivity contribution in [1.82, 2.24) is 5.32 Å². The molecule has 0 aromatic rings. The quantitative estimate of drug-likeness (QED) is 0.558. The zero-order chi connectivity index (χ0) is 11.6. The minimum absolute atomic E-state index is 0.360. The number of hydrogen-bond acceptors (Lipinski definition) is 1. The molecule has 0 heterocycles. The number of nitrogens with two attached hydrogens (primary N) is 1. The van der Waals surface area contributed by atoms with Crippen molar-refractivity contribution in [2.75, 3.05) is 0 Å². The van der Waals surface area contributed by atoms with Crippen LogP contribution in [-0.4, -0.2) is 18.0 Å². The Morgan fingerprint density at radius 3 is 2.38 bits per heavy atom. The zero-order valence-corrected chi connectivity index (χ0v) is 10.6. The first-order chi connectivity index (χ1) is 7.58. The van der Waals surface area contributed by atoms with Gasteiger partial charge in [0.2, 0.25) is 0 Å². The van der Waals surface area contributed by atoms with Crippen molar-refractivity contribution < 1.29 is 0 Å². The Hall–Kier alpha value is -0.730. The van der Waals surface area contributed by atoms with Crippen LogP contribution in [0.2, 0.25) is 0 Å². The maximum atomic E-state index is 5.97. The van der Waals surface area contributed by atoms with E-state index < -0.39 is 0 Å². The standard InChI is InChI=1S/C13H25N3/c1-13(2)9-8-11(13)16-12(14)15-10-6-4-3-5-7-10/h10-11H,3-9H2,1-2H3,(H3,14,15,16). The van der Waals surface area contributed by atoms with Crippen molar-refractivity contribution in [2.24, 2.45) is 16.1 Å². The van der Waals surface area contributed by atoms with Crippen LogP contribution in [0.1, 0.15) is 58.8 Å². The highest BCUT2D eigenvalue weighted by molar-refractivity contribution is 5.78.